The molecule has 2 nitrogen and oxygen atoms in total. The van der Waals surface area contributed by atoms with Gasteiger partial charge in [-0.3, -0.25) is 0 Å². The monoisotopic (exact) mass is 308 g/mol. The summed E-state index contributed by atoms with van der Waals surface area (Å²) in [5, 5.41) is 4.64. The number of benzene rings is 1. The van der Waals surface area contributed by atoms with E-state index in [-0.39, 0.29) is 11.9 Å². The van der Waals surface area contributed by atoms with Gasteiger partial charge in [-0.05, 0) is 30.2 Å². The van der Waals surface area contributed by atoms with Crippen molar-refractivity contribution >= 4 is 23.1 Å². The number of halogens is 1. The van der Waals surface area contributed by atoms with Crippen LogP contribution in [0.2, 0.25) is 0 Å². The van der Waals surface area contributed by atoms with Crippen molar-refractivity contribution in [2.45, 2.75) is 37.2 Å². The summed E-state index contributed by atoms with van der Waals surface area (Å²) in [6, 6.07) is 5.60. The third-order valence-electron chi connectivity index (χ3n) is 3.48. The minimum atomic E-state index is -0.0958. The topological polar surface area (TPSA) is 24.9 Å². The summed E-state index contributed by atoms with van der Waals surface area (Å²) in [6.07, 6.45) is 4.02. The Bertz CT molecular complexity index is 597. The van der Waals surface area contributed by atoms with Crippen LogP contribution >= 0.6 is 23.1 Å². The molecule has 2 aromatic rings. The molecule has 0 bridgehead atoms. The van der Waals surface area contributed by atoms with E-state index in [1.807, 2.05) is 12.3 Å². The van der Waals surface area contributed by atoms with Crippen LogP contribution in [0.5, 0.6) is 0 Å². The Morgan fingerprint density at radius 1 is 1.45 bits per heavy atom. The molecule has 0 radical (unpaired) electrons. The van der Waals surface area contributed by atoms with Gasteiger partial charge >= 0.3 is 0 Å². The van der Waals surface area contributed by atoms with Gasteiger partial charge in [-0.25, -0.2) is 9.37 Å². The third kappa shape index (κ3) is 2.90. The van der Waals surface area contributed by atoms with Crippen molar-refractivity contribution in [1.82, 2.24) is 10.3 Å². The molecule has 1 aliphatic heterocycles. The Labute approximate surface area is 126 Å². The summed E-state index contributed by atoms with van der Waals surface area (Å²) in [5.74, 6) is 0.866. The zero-order chi connectivity index (χ0) is 13.9. The second kappa shape index (κ2) is 6.24. The molecule has 1 aliphatic rings. The lowest BCUT2D eigenvalue weighted by Crippen LogP contribution is -2.24. The van der Waals surface area contributed by atoms with E-state index in [4.69, 9.17) is 0 Å². The van der Waals surface area contributed by atoms with Gasteiger partial charge in [0.15, 0.2) is 0 Å². The van der Waals surface area contributed by atoms with Crippen LogP contribution in [0.4, 0.5) is 4.39 Å². The number of rotatable bonds is 4. The van der Waals surface area contributed by atoms with Gasteiger partial charge in [0, 0.05) is 28.6 Å². The minimum Gasteiger partial charge on any atom is -0.303 e. The van der Waals surface area contributed by atoms with Crippen molar-refractivity contribution in [3.05, 3.63) is 45.7 Å². The molecule has 5 heteroatoms. The van der Waals surface area contributed by atoms with Crippen LogP contribution in [0.15, 0.2) is 29.3 Å². The standard InChI is InChI=1S/C15H17FN2S2/c1-2-10-8-18-14(20-10)9-17-13-6-7-19-15-11(13)4-3-5-12(15)16/h3-5,8,13,17H,2,6-7,9H2,1H3. The van der Waals surface area contributed by atoms with Gasteiger partial charge in [-0.1, -0.05) is 19.1 Å². The zero-order valence-electron chi connectivity index (χ0n) is 11.4. The SMILES string of the molecule is CCc1cnc(CNC2CCSc3c(F)cccc32)s1. The Balaban J connectivity index is 1.71. The van der Waals surface area contributed by atoms with Crippen LogP contribution in [-0.2, 0) is 13.0 Å². The first kappa shape index (κ1) is 14.0. The highest BCUT2D eigenvalue weighted by Crippen LogP contribution is 2.37. The van der Waals surface area contributed by atoms with Crippen molar-refractivity contribution in [1.29, 1.82) is 0 Å². The fourth-order valence-electron chi connectivity index (χ4n) is 2.40. The highest BCUT2D eigenvalue weighted by atomic mass is 32.2. The number of nitrogens with one attached hydrogen (secondary N) is 1. The Hall–Kier alpha value is -0.910. The molecule has 3 rings (SSSR count). The molecule has 0 aliphatic carbocycles. The van der Waals surface area contributed by atoms with Gasteiger partial charge in [0.1, 0.15) is 10.8 Å². The molecule has 1 aromatic carbocycles. The van der Waals surface area contributed by atoms with E-state index >= 15 is 0 Å². The minimum absolute atomic E-state index is 0.0958. The van der Waals surface area contributed by atoms with Gasteiger partial charge in [0.05, 0.1) is 0 Å². The van der Waals surface area contributed by atoms with Gasteiger partial charge in [0.25, 0.3) is 0 Å². The maximum atomic E-state index is 13.8. The third-order valence-corrected chi connectivity index (χ3v) is 5.78. The van der Waals surface area contributed by atoms with Gasteiger partial charge in [0.2, 0.25) is 0 Å². The Kier molecular flexibility index (Phi) is 4.38. The van der Waals surface area contributed by atoms with Crippen molar-refractivity contribution in [2.75, 3.05) is 5.75 Å². The van der Waals surface area contributed by atoms with Crippen LogP contribution < -0.4 is 5.32 Å². The molecule has 0 saturated heterocycles. The molecule has 0 spiro atoms. The number of hydrogen-bond donors (Lipinski definition) is 1. The second-order valence-electron chi connectivity index (χ2n) is 4.80. The lowest BCUT2D eigenvalue weighted by atomic mass is 10.0. The molecular weight excluding hydrogens is 291 g/mol. The van der Waals surface area contributed by atoms with Crippen LogP contribution in [-0.4, -0.2) is 10.7 Å². The number of aryl methyl sites for hydroxylation is 1. The van der Waals surface area contributed by atoms with Crippen LogP contribution in [0.3, 0.4) is 0 Å². The van der Waals surface area contributed by atoms with Gasteiger partial charge in [-0.15, -0.1) is 23.1 Å². The molecular formula is C15H17FN2S2. The summed E-state index contributed by atoms with van der Waals surface area (Å²) in [7, 11) is 0. The molecule has 0 amide bonds. The molecule has 2 heterocycles. The molecule has 1 aromatic heterocycles. The Morgan fingerprint density at radius 3 is 3.15 bits per heavy atom. The Morgan fingerprint density at radius 2 is 2.35 bits per heavy atom. The van der Waals surface area contributed by atoms with E-state index in [9.17, 15) is 4.39 Å². The first-order valence-electron chi connectivity index (χ1n) is 6.86. The number of thiazole rings is 1. The van der Waals surface area contributed by atoms with Gasteiger partial charge < -0.3 is 5.32 Å². The maximum Gasteiger partial charge on any atom is 0.137 e. The fraction of sp³-hybridized carbons (Fsp3) is 0.400. The molecule has 1 N–H and O–H groups in total. The highest BCUT2D eigenvalue weighted by molar-refractivity contribution is 7.99. The first-order chi connectivity index (χ1) is 9.78. The maximum absolute atomic E-state index is 13.8. The molecule has 1 unspecified atom stereocenters. The smallest absolute Gasteiger partial charge is 0.137 e. The van der Waals surface area contributed by atoms with Crippen LogP contribution in [0.1, 0.15) is 34.8 Å². The van der Waals surface area contributed by atoms with Crippen molar-refractivity contribution < 1.29 is 4.39 Å². The number of aromatic nitrogens is 1. The number of hydrogen-bond acceptors (Lipinski definition) is 4. The largest absolute Gasteiger partial charge is 0.303 e. The predicted octanol–water partition coefficient (Wildman–Crippen LogP) is 4.17. The van der Waals surface area contributed by atoms with E-state index < -0.39 is 0 Å². The van der Waals surface area contributed by atoms with E-state index in [0.29, 0.717) is 0 Å². The van der Waals surface area contributed by atoms with E-state index in [2.05, 4.69) is 17.2 Å². The highest BCUT2D eigenvalue weighted by Gasteiger charge is 2.22. The van der Waals surface area contributed by atoms with Gasteiger partial charge in [-0.2, -0.15) is 0 Å². The fourth-order valence-corrected chi connectivity index (χ4v) is 4.36. The predicted molar refractivity (Wildman–Crippen MR) is 82.8 cm³/mol. The van der Waals surface area contributed by atoms with Crippen molar-refractivity contribution in [3.63, 3.8) is 0 Å². The lowest BCUT2D eigenvalue weighted by Gasteiger charge is -2.26. The molecule has 1 atom stereocenters. The number of nitrogens with zero attached hydrogens (tertiary/aromatic N) is 1. The summed E-state index contributed by atoms with van der Waals surface area (Å²) in [6.45, 7) is 2.90. The summed E-state index contributed by atoms with van der Waals surface area (Å²) in [4.78, 5) is 6.54. The molecule has 106 valence electrons. The zero-order valence-corrected chi connectivity index (χ0v) is 13.0. The summed E-state index contributed by atoms with van der Waals surface area (Å²) < 4.78 is 13.8. The normalized spacial score (nSPS) is 18.0. The molecule has 20 heavy (non-hydrogen) atoms. The average Bonchev–Trinajstić information content (AvgIpc) is 2.94. The van der Waals surface area contributed by atoms with Crippen molar-refractivity contribution in [2.24, 2.45) is 0 Å². The van der Waals surface area contributed by atoms with E-state index in [0.717, 1.165) is 40.6 Å². The summed E-state index contributed by atoms with van der Waals surface area (Å²) in [5.41, 5.74) is 1.09. The quantitative estimate of drug-likeness (QED) is 0.917. The lowest BCUT2D eigenvalue weighted by molar-refractivity contribution is 0.496. The van der Waals surface area contributed by atoms with E-state index in [1.54, 1.807) is 35.2 Å². The second-order valence-corrected chi connectivity index (χ2v) is 7.11. The molecule has 0 fully saturated rings. The van der Waals surface area contributed by atoms with E-state index in [1.165, 1.54) is 4.88 Å². The molecule has 0 saturated carbocycles. The van der Waals surface area contributed by atoms with Crippen LogP contribution in [0.25, 0.3) is 0 Å². The van der Waals surface area contributed by atoms with Crippen LogP contribution in [0, 0.1) is 5.82 Å². The number of thioether (sulfide) groups is 1. The summed E-state index contributed by atoms with van der Waals surface area (Å²) >= 11 is 3.37. The first-order valence-corrected chi connectivity index (χ1v) is 8.66. The number of fused-ring (bicyclic) bond motifs is 1. The average molecular weight is 308 g/mol. The van der Waals surface area contributed by atoms with Crippen molar-refractivity contribution in [3.8, 4) is 0 Å².